The van der Waals surface area contributed by atoms with Gasteiger partial charge in [0.15, 0.2) is 11.3 Å². The van der Waals surface area contributed by atoms with Gasteiger partial charge in [0.25, 0.3) is 5.56 Å². The number of hydrogen-bond acceptors (Lipinski definition) is 5. The van der Waals surface area contributed by atoms with Gasteiger partial charge in [-0.3, -0.25) is 14.5 Å². The zero-order valence-electron chi connectivity index (χ0n) is 17.9. The first-order chi connectivity index (χ1) is 15.4. The van der Waals surface area contributed by atoms with Gasteiger partial charge in [0.1, 0.15) is 17.0 Å². The van der Waals surface area contributed by atoms with E-state index in [4.69, 9.17) is 4.74 Å². The molecule has 2 aromatic heterocycles. The molecule has 0 aliphatic carbocycles. The van der Waals surface area contributed by atoms with E-state index in [1.54, 1.807) is 7.05 Å². The van der Waals surface area contributed by atoms with Crippen LogP contribution in [-0.4, -0.2) is 45.5 Å². The van der Waals surface area contributed by atoms with Crippen molar-refractivity contribution < 1.29 is 13.5 Å². The van der Waals surface area contributed by atoms with Crippen LogP contribution >= 0.6 is 0 Å². The number of H-pyrrole nitrogens is 1. The average molecular weight is 439 g/mol. The van der Waals surface area contributed by atoms with Crippen LogP contribution in [0.2, 0.25) is 0 Å². The second-order valence-corrected chi connectivity index (χ2v) is 8.73. The van der Waals surface area contributed by atoms with Crippen molar-refractivity contribution in [3.8, 4) is 11.8 Å². The number of ether oxygens (including phenoxy) is 1. The van der Waals surface area contributed by atoms with E-state index in [-0.39, 0.29) is 27.6 Å². The van der Waals surface area contributed by atoms with E-state index in [2.05, 4.69) is 38.8 Å². The molecule has 2 fully saturated rings. The molecule has 4 heterocycles. The van der Waals surface area contributed by atoms with Gasteiger partial charge in [-0.1, -0.05) is 12.0 Å². The SMILES string of the molecule is C[C@H]1CC2(CCN(c3nc4[nH]nc(C#Cc5c(F)cccc5F)c4c(=O)n3C)CC2)CO1. The highest BCUT2D eigenvalue weighted by atomic mass is 19.1. The minimum Gasteiger partial charge on any atom is -0.378 e. The van der Waals surface area contributed by atoms with Crippen LogP contribution in [-0.2, 0) is 11.8 Å². The van der Waals surface area contributed by atoms with E-state index >= 15 is 0 Å². The number of aromatic amines is 1. The number of fused-ring (bicyclic) bond motifs is 1. The van der Waals surface area contributed by atoms with Gasteiger partial charge in [-0.2, -0.15) is 10.1 Å². The molecule has 0 radical (unpaired) electrons. The molecular formula is C23H23F2N5O2. The molecule has 32 heavy (non-hydrogen) atoms. The van der Waals surface area contributed by atoms with Gasteiger partial charge in [0, 0.05) is 20.1 Å². The summed E-state index contributed by atoms with van der Waals surface area (Å²) < 4.78 is 35.0. The minimum atomic E-state index is -0.768. The summed E-state index contributed by atoms with van der Waals surface area (Å²) in [7, 11) is 1.66. The van der Waals surface area contributed by atoms with Crippen molar-refractivity contribution >= 4 is 17.0 Å². The molecule has 1 aromatic carbocycles. The van der Waals surface area contributed by atoms with E-state index in [9.17, 15) is 13.6 Å². The van der Waals surface area contributed by atoms with E-state index < -0.39 is 11.6 Å². The number of rotatable bonds is 1. The Morgan fingerprint density at radius 1 is 1.22 bits per heavy atom. The summed E-state index contributed by atoms with van der Waals surface area (Å²) in [4.78, 5) is 19.8. The van der Waals surface area contributed by atoms with E-state index in [1.807, 2.05) is 0 Å². The van der Waals surface area contributed by atoms with Crippen LogP contribution in [0.15, 0.2) is 23.0 Å². The number of aromatic nitrogens is 4. The number of benzene rings is 1. The highest BCUT2D eigenvalue weighted by Crippen LogP contribution is 2.42. The summed E-state index contributed by atoms with van der Waals surface area (Å²) in [6, 6.07) is 3.52. The Morgan fingerprint density at radius 3 is 2.59 bits per heavy atom. The molecule has 2 saturated heterocycles. The van der Waals surface area contributed by atoms with Crippen LogP contribution in [0.5, 0.6) is 0 Å². The zero-order valence-corrected chi connectivity index (χ0v) is 17.9. The molecule has 3 aromatic rings. The predicted molar refractivity (Wildman–Crippen MR) is 115 cm³/mol. The summed E-state index contributed by atoms with van der Waals surface area (Å²) in [6.07, 6.45) is 3.33. The Hall–Kier alpha value is -3.25. The van der Waals surface area contributed by atoms with Gasteiger partial charge < -0.3 is 9.64 Å². The molecule has 0 unspecified atom stereocenters. The quantitative estimate of drug-likeness (QED) is 0.590. The van der Waals surface area contributed by atoms with Crippen molar-refractivity contribution in [3.05, 3.63) is 51.4 Å². The molecule has 2 aliphatic rings. The third-order valence-electron chi connectivity index (χ3n) is 6.55. The summed E-state index contributed by atoms with van der Waals surface area (Å²) in [5.74, 6) is 4.09. The lowest BCUT2D eigenvalue weighted by Crippen LogP contribution is -2.43. The van der Waals surface area contributed by atoms with Crippen molar-refractivity contribution in [2.45, 2.75) is 32.3 Å². The number of anilines is 1. The van der Waals surface area contributed by atoms with Gasteiger partial charge in [0.2, 0.25) is 5.95 Å². The zero-order chi connectivity index (χ0) is 22.5. The van der Waals surface area contributed by atoms with Gasteiger partial charge in [-0.25, -0.2) is 8.78 Å². The van der Waals surface area contributed by atoms with Gasteiger partial charge in [0.05, 0.1) is 18.3 Å². The lowest BCUT2D eigenvalue weighted by atomic mass is 9.77. The maximum Gasteiger partial charge on any atom is 0.267 e. The minimum absolute atomic E-state index is 0.108. The molecule has 1 atom stereocenters. The van der Waals surface area contributed by atoms with Crippen LogP contribution in [0.1, 0.15) is 37.4 Å². The molecular weight excluding hydrogens is 416 g/mol. The van der Waals surface area contributed by atoms with Crippen molar-refractivity contribution in [1.82, 2.24) is 19.7 Å². The van der Waals surface area contributed by atoms with Crippen molar-refractivity contribution in [3.63, 3.8) is 0 Å². The molecule has 1 spiro atoms. The molecule has 1 N–H and O–H groups in total. The monoisotopic (exact) mass is 439 g/mol. The lowest BCUT2D eigenvalue weighted by molar-refractivity contribution is 0.0974. The van der Waals surface area contributed by atoms with Crippen LogP contribution < -0.4 is 10.5 Å². The number of hydrogen-bond donors (Lipinski definition) is 1. The van der Waals surface area contributed by atoms with Crippen molar-refractivity contribution in [2.75, 3.05) is 24.6 Å². The van der Waals surface area contributed by atoms with Crippen molar-refractivity contribution in [2.24, 2.45) is 12.5 Å². The number of nitrogens with zero attached hydrogens (tertiary/aromatic N) is 4. The Kier molecular flexibility index (Phi) is 4.97. The number of piperidine rings is 1. The topological polar surface area (TPSA) is 76.0 Å². The first-order valence-corrected chi connectivity index (χ1v) is 10.6. The van der Waals surface area contributed by atoms with Gasteiger partial charge in [-0.15, -0.1) is 0 Å². The average Bonchev–Trinajstić information content (AvgIpc) is 3.34. The molecule has 7 nitrogen and oxygen atoms in total. The van der Waals surface area contributed by atoms with Gasteiger partial charge in [-0.05, 0) is 49.7 Å². The number of nitrogens with one attached hydrogen (secondary N) is 1. The fourth-order valence-corrected chi connectivity index (χ4v) is 4.74. The van der Waals surface area contributed by atoms with Crippen molar-refractivity contribution in [1.29, 1.82) is 0 Å². The molecule has 0 amide bonds. The summed E-state index contributed by atoms with van der Waals surface area (Å²) in [5.41, 5.74) is -0.0402. The maximum atomic E-state index is 13.9. The van der Waals surface area contributed by atoms with Crippen LogP contribution in [0.25, 0.3) is 11.0 Å². The molecule has 5 rings (SSSR count). The largest absolute Gasteiger partial charge is 0.378 e. The third-order valence-corrected chi connectivity index (χ3v) is 6.55. The van der Waals surface area contributed by atoms with Crippen LogP contribution in [0.3, 0.4) is 0 Å². The molecule has 0 bridgehead atoms. The summed E-state index contributed by atoms with van der Waals surface area (Å²) in [5, 5.41) is 7.02. The van der Waals surface area contributed by atoms with E-state index in [0.29, 0.717) is 17.7 Å². The van der Waals surface area contributed by atoms with Crippen LogP contribution in [0, 0.1) is 28.9 Å². The highest BCUT2D eigenvalue weighted by Gasteiger charge is 2.41. The second-order valence-electron chi connectivity index (χ2n) is 8.73. The van der Waals surface area contributed by atoms with Crippen LogP contribution in [0.4, 0.5) is 14.7 Å². The Morgan fingerprint density at radius 2 is 1.94 bits per heavy atom. The maximum absolute atomic E-state index is 13.9. The summed E-state index contributed by atoms with van der Waals surface area (Å²) in [6.45, 7) is 4.47. The van der Waals surface area contributed by atoms with E-state index in [0.717, 1.165) is 51.1 Å². The standard InChI is InChI=1S/C23H23F2N5O2/c1-14-12-23(13-32-14)8-10-30(11-9-23)22-26-20-19(21(31)29(22)2)18(27-28-20)7-6-15-16(24)4-3-5-17(15)25/h3-5,14H,8-13H2,1-2H3,(H,27,28)/t14-/m0/s1. The Labute approximate surface area is 183 Å². The molecule has 9 heteroatoms. The lowest BCUT2D eigenvalue weighted by Gasteiger charge is -2.39. The molecule has 166 valence electrons. The normalized spacial score (nSPS) is 20.0. The fraction of sp³-hybridized carbons (Fsp3) is 0.435. The molecule has 0 saturated carbocycles. The first-order valence-electron chi connectivity index (χ1n) is 10.6. The second kappa shape index (κ2) is 7.71. The fourth-order valence-electron chi connectivity index (χ4n) is 4.74. The first kappa shape index (κ1) is 20.6. The Balaban J connectivity index is 1.46. The Bertz CT molecular complexity index is 1290. The predicted octanol–water partition coefficient (Wildman–Crippen LogP) is 2.73. The number of halogens is 2. The third kappa shape index (κ3) is 3.45. The smallest absolute Gasteiger partial charge is 0.267 e. The van der Waals surface area contributed by atoms with Gasteiger partial charge >= 0.3 is 0 Å². The molecule has 2 aliphatic heterocycles. The summed E-state index contributed by atoms with van der Waals surface area (Å²) >= 11 is 0. The van der Waals surface area contributed by atoms with E-state index in [1.165, 1.54) is 10.6 Å². The highest BCUT2D eigenvalue weighted by molar-refractivity contribution is 5.81.